The number of aromatic nitrogens is 3. The number of nitrogens with zero attached hydrogens (tertiary/aromatic N) is 5. The number of amides is 1. The number of carboxylic acids is 1. The summed E-state index contributed by atoms with van der Waals surface area (Å²) in [6.07, 6.45) is 1.91. The van der Waals surface area contributed by atoms with E-state index in [2.05, 4.69) is 10.3 Å². The van der Waals surface area contributed by atoms with Crippen LogP contribution in [0.4, 0.5) is 5.69 Å². The zero-order valence-electron chi connectivity index (χ0n) is 12.8. The maximum Gasteiger partial charge on any atom is 0.323 e. The number of carboxylic acid groups (broad SMARTS) is 1. The van der Waals surface area contributed by atoms with Crippen LogP contribution in [0.3, 0.4) is 0 Å². The highest BCUT2D eigenvalue weighted by Gasteiger charge is 2.21. The van der Waals surface area contributed by atoms with Crippen molar-refractivity contribution in [2.45, 2.75) is 13.3 Å². The SMILES string of the molecule is CCCN(CC(=O)O)C(=O)c1cn(-c2cccc([N+](=O)[O-])c2)nn1. The van der Waals surface area contributed by atoms with E-state index in [1.54, 1.807) is 6.07 Å². The minimum Gasteiger partial charge on any atom is -0.480 e. The number of non-ortho nitro benzene ring substituents is 1. The van der Waals surface area contributed by atoms with Crippen molar-refractivity contribution in [3.05, 3.63) is 46.3 Å². The first-order valence-corrected chi connectivity index (χ1v) is 7.10. The predicted octanol–water partition coefficient (Wildman–Crippen LogP) is 1.11. The lowest BCUT2D eigenvalue weighted by Gasteiger charge is -2.18. The quantitative estimate of drug-likeness (QED) is 0.593. The molecule has 1 aromatic carbocycles. The first-order chi connectivity index (χ1) is 11.4. The fourth-order valence-electron chi connectivity index (χ4n) is 2.08. The monoisotopic (exact) mass is 333 g/mol. The summed E-state index contributed by atoms with van der Waals surface area (Å²) in [5.41, 5.74) is 0.224. The van der Waals surface area contributed by atoms with Gasteiger partial charge in [-0.15, -0.1) is 5.10 Å². The number of benzene rings is 1. The molecule has 0 bridgehead atoms. The van der Waals surface area contributed by atoms with E-state index >= 15 is 0 Å². The zero-order valence-corrected chi connectivity index (χ0v) is 12.8. The van der Waals surface area contributed by atoms with Gasteiger partial charge in [0.15, 0.2) is 5.69 Å². The smallest absolute Gasteiger partial charge is 0.323 e. The van der Waals surface area contributed by atoms with Crippen molar-refractivity contribution in [2.24, 2.45) is 0 Å². The molecule has 0 aliphatic heterocycles. The number of hydrogen-bond acceptors (Lipinski definition) is 6. The lowest BCUT2D eigenvalue weighted by molar-refractivity contribution is -0.384. The zero-order chi connectivity index (χ0) is 17.7. The summed E-state index contributed by atoms with van der Waals surface area (Å²) < 4.78 is 1.23. The average molecular weight is 333 g/mol. The van der Waals surface area contributed by atoms with E-state index in [9.17, 15) is 19.7 Å². The van der Waals surface area contributed by atoms with Crippen LogP contribution >= 0.6 is 0 Å². The van der Waals surface area contributed by atoms with Crippen molar-refractivity contribution < 1.29 is 19.6 Å². The van der Waals surface area contributed by atoms with Crippen molar-refractivity contribution in [3.63, 3.8) is 0 Å². The van der Waals surface area contributed by atoms with Gasteiger partial charge >= 0.3 is 5.97 Å². The summed E-state index contributed by atoms with van der Waals surface area (Å²) in [7, 11) is 0. The summed E-state index contributed by atoms with van der Waals surface area (Å²) in [5, 5.41) is 27.2. The molecule has 0 saturated carbocycles. The minimum atomic E-state index is -1.12. The summed E-state index contributed by atoms with van der Waals surface area (Å²) in [4.78, 5) is 34.6. The number of nitro groups is 1. The third-order valence-electron chi connectivity index (χ3n) is 3.12. The van der Waals surface area contributed by atoms with Crippen LogP contribution in [-0.2, 0) is 4.79 Å². The van der Waals surface area contributed by atoms with E-state index in [-0.39, 0.29) is 17.9 Å². The predicted molar refractivity (Wildman–Crippen MR) is 81.8 cm³/mol. The van der Waals surface area contributed by atoms with E-state index in [0.29, 0.717) is 12.1 Å². The van der Waals surface area contributed by atoms with Gasteiger partial charge in [-0.3, -0.25) is 19.7 Å². The van der Waals surface area contributed by atoms with Crippen LogP contribution in [0.2, 0.25) is 0 Å². The van der Waals surface area contributed by atoms with Crippen molar-refractivity contribution in [1.29, 1.82) is 0 Å². The molecule has 0 aliphatic carbocycles. The fourth-order valence-corrected chi connectivity index (χ4v) is 2.08. The molecule has 0 atom stereocenters. The highest BCUT2D eigenvalue weighted by atomic mass is 16.6. The van der Waals surface area contributed by atoms with Gasteiger partial charge < -0.3 is 10.0 Å². The Kier molecular flexibility index (Phi) is 5.20. The Morgan fingerprint density at radius 3 is 2.79 bits per heavy atom. The maximum atomic E-state index is 12.3. The molecule has 0 aliphatic rings. The van der Waals surface area contributed by atoms with Crippen LogP contribution in [0.5, 0.6) is 0 Å². The Balaban J connectivity index is 2.26. The third kappa shape index (κ3) is 3.91. The third-order valence-corrected chi connectivity index (χ3v) is 3.12. The molecule has 1 amide bonds. The molecular formula is C14H15N5O5. The summed E-state index contributed by atoms with van der Waals surface area (Å²) in [5.74, 6) is -1.68. The highest BCUT2D eigenvalue weighted by Crippen LogP contribution is 2.16. The molecule has 24 heavy (non-hydrogen) atoms. The number of carbonyl (C=O) groups is 2. The molecule has 10 nitrogen and oxygen atoms in total. The number of rotatable bonds is 7. The summed E-state index contributed by atoms with van der Waals surface area (Å²) in [6, 6.07) is 5.70. The molecule has 0 radical (unpaired) electrons. The van der Waals surface area contributed by atoms with Gasteiger partial charge in [0.1, 0.15) is 6.54 Å². The molecule has 1 aromatic heterocycles. The summed E-state index contributed by atoms with van der Waals surface area (Å²) in [6.45, 7) is 1.66. The molecule has 0 fully saturated rings. The highest BCUT2D eigenvalue weighted by molar-refractivity contribution is 5.93. The number of nitro benzene ring substituents is 1. The van der Waals surface area contributed by atoms with Crippen molar-refractivity contribution >= 4 is 17.6 Å². The Hall–Kier alpha value is -3.30. The molecular weight excluding hydrogens is 318 g/mol. The van der Waals surface area contributed by atoms with Gasteiger partial charge in [-0.1, -0.05) is 18.2 Å². The van der Waals surface area contributed by atoms with E-state index in [1.165, 1.54) is 29.1 Å². The van der Waals surface area contributed by atoms with Crippen molar-refractivity contribution in [1.82, 2.24) is 19.9 Å². The van der Waals surface area contributed by atoms with Crippen LogP contribution in [0.15, 0.2) is 30.5 Å². The maximum absolute atomic E-state index is 12.3. The van der Waals surface area contributed by atoms with Crippen LogP contribution in [0.25, 0.3) is 5.69 Å². The summed E-state index contributed by atoms with van der Waals surface area (Å²) >= 11 is 0. The molecule has 1 heterocycles. The minimum absolute atomic E-state index is 0.0313. The number of carbonyl (C=O) groups excluding carboxylic acids is 1. The second-order valence-corrected chi connectivity index (χ2v) is 4.95. The Labute approximate surface area is 136 Å². The van der Waals surface area contributed by atoms with E-state index in [4.69, 9.17) is 5.11 Å². The molecule has 2 aromatic rings. The molecule has 10 heteroatoms. The largest absolute Gasteiger partial charge is 0.480 e. The fraction of sp³-hybridized carbons (Fsp3) is 0.286. The van der Waals surface area contributed by atoms with Gasteiger partial charge in [0.25, 0.3) is 11.6 Å². The van der Waals surface area contributed by atoms with E-state index < -0.39 is 23.3 Å². The van der Waals surface area contributed by atoms with E-state index in [1.807, 2.05) is 6.92 Å². The van der Waals surface area contributed by atoms with Crippen molar-refractivity contribution in [2.75, 3.05) is 13.1 Å². The Bertz CT molecular complexity index is 772. The van der Waals surface area contributed by atoms with Gasteiger partial charge in [-0.2, -0.15) is 0 Å². The van der Waals surface area contributed by atoms with Crippen LogP contribution in [0.1, 0.15) is 23.8 Å². The second-order valence-electron chi connectivity index (χ2n) is 4.95. The molecule has 0 unspecified atom stereocenters. The van der Waals surface area contributed by atoms with Crippen LogP contribution in [0, 0.1) is 10.1 Å². The molecule has 0 saturated heterocycles. The number of aliphatic carboxylic acids is 1. The lowest BCUT2D eigenvalue weighted by Crippen LogP contribution is -2.36. The second kappa shape index (κ2) is 7.31. The van der Waals surface area contributed by atoms with E-state index in [0.717, 1.165) is 4.90 Å². The van der Waals surface area contributed by atoms with Gasteiger partial charge in [0.2, 0.25) is 0 Å². The first-order valence-electron chi connectivity index (χ1n) is 7.10. The Morgan fingerprint density at radius 2 is 2.17 bits per heavy atom. The van der Waals surface area contributed by atoms with Gasteiger partial charge in [0.05, 0.1) is 16.8 Å². The molecule has 1 N–H and O–H groups in total. The standard InChI is InChI=1S/C14H15N5O5/c1-2-6-17(9-13(20)21)14(22)12-8-18(16-15-12)10-4-3-5-11(7-10)19(23)24/h3-5,7-8H,2,6,9H2,1H3,(H,20,21). The molecule has 0 spiro atoms. The Morgan fingerprint density at radius 1 is 1.42 bits per heavy atom. The average Bonchev–Trinajstić information content (AvgIpc) is 3.03. The van der Waals surface area contributed by atoms with Gasteiger partial charge in [-0.05, 0) is 12.5 Å². The molecule has 126 valence electrons. The molecule has 2 rings (SSSR count). The van der Waals surface area contributed by atoms with Gasteiger partial charge in [-0.25, -0.2) is 4.68 Å². The topological polar surface area (TPSA) is 131 Å². The lowest BCUT2D eigenvalue weighted by atomic mass is 10.3. The van der Waals surface area contributed by atoms with Crippen LogP contribution < -0.4 is 0 Å². The van der Waals surface area contributed by atoms with Crippen molar-refractivity contribution in [3.8, 4) is 5.69 Å². The van der Waals surface area contributed by atoms with Crippen LogP contribution in [-0.4, -0.2) is 54.9 Å². The van der Waals surface area contributed by atoms with Gasteiger partial charge in [0, 0.05) is 18.7 Å². The normalized spacial score (nSPS) is 10.4. The first kappa shape index (κ1) is 17.1. The number of hydrogen-bond donors (Lipinski definition) is 1.